The molecule has 0 rings (SSSR count). The topological polar surface area (TPSA) is 9.23 Å². The molecule has 0 fully saturated rings. The molecular formula is C8H17BrO. The molecule has 0 aromatic heterocycles. The van der Waals surface area contributed by atoms with Crippen LogP contribution in [-0.2, 0) is 4.74 Å². The van der Waals surface area contributed by atoms with Crippen LogP contribution < -0.4 is 0 Å². The second kappa shape index (κ2) is 3.22. The van der Waals surface area contributed by atoms with Crippen molar-refractivity contribution in [3.63, 3.8) is 0 Å². The quantitative estimate of drug-likeness (QED) is 0.634. The first-order chi connectivity index (χ1) is 4.31. The lowest BCUT2D eigenvalue weighted by Gasteiger charge is -2.36. The molecule has 0 aliphatic carbocycles. The van der Waals surface area contributed by atoms with Gasteiger partial charge in [-0.05, 0) is 13.8 Å². The standard InChI is InChI=1S/C8H17BrO/c1-6-10-8(5,9)7(2,3)4/h6H2,1-5H3. The van der Waals surface area contributed by atoms with E-state index in [4.69, 9.17) is 4.74 Å². The number of rotatable bonds is 2. The van der Waals surface area contributed by atoms with Gasteiger partial charge in [0.15, 0.2) is 0 Å². The summed E-state index contributed by atoms with van der Waals surface area (Å²) in [6, 6.07) is 0. The first-order valence-corrected chi connectivity index (χ1v) is 4.43. The third-order valence-corrected chi connectivity index (χ3v) is 3.17. The molecule has 0 saturated carbocycles. The largest absolute Gasteiger partial charge is 0.364 e. The van der Waals surface area contributed by atoms with Crippen molar-refractivity contribution in [1.29, 1.82) is 0 Å². The maximum Gasteiger partial charge on any atom is 0.124 e. The van der Waals surface area contributed by atoms with Crippen LogP contribution in [0.15, 0.2) is 0 Å². The van der Waals surface area contributed by atoms with Crippen LogP contribution in [0.25, 0.3) is 0 Å². The molecular weight excluding hydrogens is 192 g/mol. The molecule has 0 bridgehead atoms. The van der Waals surface area contributed by atoms with E-state index < -0.39 is 0 Å². The van der Waals surface area contributed by atoms with E-state index in [0.29, 0.717) is 0 Å². The van der Waals surface area contributed by atoms with Gasteiger partial charge in [-0.1, -0.05) is 36.7 Å². The summed E-state index contributed by atoms with van der Waals surface area (Å²) in [5.74, 6) is 0. The lowest BCUT2D eigenvalue weighted by atomic mass is 9.90. The SMILES string of the molecule is CCOC(C)(Br)C(C)(C)C. The fraction of sp³-hybridized carbons (Fsp3) is 1.00. The first kappa shape index (κ1) is 10.4. The lowest BCUT2D eigenvalue weighted by Crippen LogP contribution is -2.36. The van der Waals surface area contributed by atoms with Crippen LogP contribution in [0, 0.1) is 5.41 Å². The highest BCUT2D eigenvalue weighted by molar-refractivity contribution is 9.10. The van der Waals surface area contributed by atoms with Gasteiger partial charge < -0.3 is 4.74 Å². The molecule has 0 aliphatic rings. The Labute approximate surface area is 72.3 Å². The Bertz CT molecular complexity index is 102. The van der Waals surface area contributed by atoms with E-state index in [9.17, 15) is 0 Å². The average Bonchev–Trinajstić information content (AvgIpc) is 1.61. The Balaban J connectivity index is 4.10. The third-order valence-electron chi connectivity index (χ3n) is 1.76. The van der Waals surface area contributed by atoms with Gasteiger partial charge in [0.05, 0.1) is 0 Å². The van der Waals surface area contributed by atoms with Crippen LogP contribution in [-0.4, -0.2) is 11.1 Å². The molecule has 0 amide bonds. The molecule has 0 aromatic rings. The average molecular weight is 209 g/mol. The van der Waals surface area contributed by atoms with Crippen molar-refractivity contribution in [3.05, 3.63) is 0 Å². The summed E-state index contributed by atoms with van der Waals surface area (Å²) in [5.41, 5.74) is 0.142. The number of alkyl halides is 1. The molecule has 62 valence electrons. The third kappa shape index (κ3) is 2.59. The van der Waals surface area contributed by atoms with Crippen LogP contribution >= 0.6 is 15.9 Å². The molecule has 0 saturated heterocycles. The van der Waals surface area contributed by atoms with E-state index in [2.05, 4.69) is 43.6 Å². The maximum absolute atomic E-state index is 5.51. The maximum atomic E-state index is 5.51. The second-order valence-corrected chi connectivity index (χ2v) is 5.11. The zero-order valence-electron chi connectivity index (χ0n) is 7.49. The summed E-state index contributed by atoms with van der Waals surface area (Å²) < 4.78 is 5.31. The highest BCUT2D eigenvalue weighted by Gasteiger charge is 2.35. The second-order valence-electron chi connectivity index (χ2n) is 3.60. The van der Waals surface area contributed by atoms with Gasteiger partial charge in [0.2, 0.25) is 0 Å². The van der Waals surface area contributed by atoms with E-state index >= 15 is 0 Å². The molecule has 0 aliphatic heterocycles. The van der Waals surface area contributed by atoms with Crippen LogP contribution in [0.4, 0.5) is 0 Å². The fourth-order valence-corrected chi connectivity index (χ4v) is 0.716. The van der Waals surface area contributed by atoms with Crippen molar-refractivity contribution in [2.24, 2.45) is 5.41 Å². The van der Waals surface area contributed by atoms with Crippen LogP contribution in [0.2, 0.25) is 0 Å². The monoisotopic (exact) mass is 208 g/mol. The first-order valence-electron chi connectivity index (χ1n) is 3.64. The normalized spacial score (nSPS) is 18.6. The van der Waals surface area contributed by atoms with Crippen LogP contribution in [0.5, 0.6) is 0 Å². The molecule has 0 aromatic carbocycles. The molecule has 2 heteroatoms. The van der Waals surface area contributed by atoms with Crippen molar-refractivity contribution in [3.8, 4) is 0 Å². The number of hydrogen-bond acceptors (Lipinski definition) is 1. The van der Waals surface area contributed by atoms with Gasteiger partial charge in [-0.15, -0.1) is 0 Å². The molecule has 10 heavy (non-hydrogen) atoms. The predicted molar refractivity (Wildman–Crippen MR) is 48.4 cm³/mol. The molecule has 1 nitrogen and oxygen atoms in total. The summed E-state index contributed by atoms with van der Waals surface area (Å²) in [5, 5.41) is 0. The van der Waals surface area contributed by atoms with E-state index in [1.807, 2.05) is 6.92 Å². The summed E-state index contributed by atoms with van der Waals surface area (Å²) in [7, 11) is 0. The molecule has 0 N–H and O–H groups in total. The minimum atomic E-state index is -0.200. The van der Waals surface area contributed by atoms with Crippen molar-refractivity contribution < 1.29 is 4.74 Å². The van der Waals surface area contributed by atoms with Gasteiger partial charge in [0, 0.05) is 12.0 Å². The molecule has 0 radical (unpaired) electrons. The van der Waals surface area contributed by atoms with Gasteiger partial charge in [0.1, 0.15) is 4.51 Å². The molecule has 0 heterocycles. The Morgan fingerprint density at radius 1 is 1.20 bits per heavy atom. The highest BCUT2D eigenvalue weighted by Crippen LogP contribution is 2.38. The van der Waals surface area contributed by atoms with Gasteiger partial charge >= 0.3 is 0 Å². The smallest absolute Gasteiger partial charge is 0.124 e. The highest BCUT2D eigenvalue weighted by atomic mass is 79.9. The minimum Gasteiger partial charge on any atom is -0.364 e. The summed E-state index contributed by atoms with van der Waals surface area (Å²) in [6.07, 6.45) is 0. The van der Waals surface area contributed by atoms with Crippen molar-refractivity contribution >= 4 is 15.9 Å². The summed E-state index contributed by atoms with van der Waals surface area (Å²) in [4.78, 5) is 0. The van der Waals surface area contributed by atoms with Crippen LogP contribution in [0.3, 0.4) is 0 Å². The number of halogens is 1. The zero-order chi connectivity index (χ0) is 8.41. The van der Waals surface area contributed by atoms with Crippen LogP contribution in [0.1, 0.15) is 34.6 Å². The van der Waals surface area contributed by atoms with Gasteiger partial charge in [-0.3, -0.25) is 0 Å². The number of ether oxygens (including phenoxy) is 1. The van der Waals surface area contributed by atoms with Crippen molar-refractivity contribution in [2.75, 3.05) is 6.61 Å². The predicted octanol–water partition coefficient (Wildman–Crippen LogP) is 3.18. The Morgan fingerprint density at radius 3 is 1.70 bits per heavy atom. The number of hydrogen-bond donors (Lipinski definition) is 0. The van der Waals surface area contributed by atoms with Gasteiger partial charge in [-0.2, -0.15) is 0 Å². The minimum absolute atomic E-state index is 0.142. The van der Waals surface area contributed by atoms with Crippen molar-refractivity contribution in [2.45, 2.75) is 39.1 Å². The van der Waals surface area contributed by atoms with E-state index in [0.717, 1.165) is 6.61 Å². The van der Waals surface area contributed by atoms with Gasteiger partial charge in [0.25, 0.3) is 0 Å². The Morgan fingerprint density at radius 2 is 1.60 bits per heavy atom. The van der Waals surface area contributed by atoms with E-state index in [1.54, 1.807) is 0 Å². The fourth-order valence-electron chi connectivity index (χ4n) is 0.488. The molecule has 1 unspecified atom stereocenters. The Hall–Kier alpha value is 0.440. The summed E-state index contributed by atoms with van der Waals surface area (Å²) in [6.45, 7) is 11.3. The Kier molecular flexibility index (Phi) is 3.37. The van der Waals surface area contributed by atoms with E-state index in [-0.39, 0.29) is 9.93 Å². The van der Waals surface area contributed by atoms with Crippen molar-refractivity contribution in [1.82, 2.24) is 0 Å². The molecule has 0 spiro atoms. The van der Waals surface area contributed by atoms with E-state index in [1.165, 1.54) is 0 Å². The summed E-state index contributed by atoms with van der Waals surface area (Å²) >= 11 is 3.54. The molecule has 1 atom stereocenters. The zero-order valence-corrected chi connectivity index (χ0v) is 9.08. The van der Waals surface area contributed by atoms with Gasteiger partial charge in [-0.25, -0.2) is 0 Å². The lowest BCUT2D eigenvalue weighted by molar-refractivity contribution is -0.0211.